The van der Waals surface area contributed by atoms with Gasteiger partial charge in [-0.3, -0.25) is 9.79 Å². The second kappa shape index (κ2) is 8.49. The molecule has 2 aliphatic rings. The molecule has 0 aliphatic carbocycles. The lowest BCUT2D eigenvalue weighted by atomic mass is 9.87. The molecular formula is C20H28ClN3OS. The van der Waals surface area contributed by atoms with Crippen LogP contribution in [-0.4, -0.2) is 29.1 Å². The molecule has 1 amide bonds. The number of nitrogens with zero attached hydrogens (tertiary/aromatic N) is 2. The molecule has 26 heavy (non-hydrogen) atoms. The molecule has 0 bridgehead atoms. The van der Waals surface area contributed by atoms with Gasteiger partial charge in [0, 0.05) is 24.5 Å². The lowest BCUT2D eigenvalue weighted by molar-refractivity contribution is -0.112. The van der Waals surface area contributed by atoms with Gasteiger partial charge in [0.2, 0.25) is 0 Å². The molecule has 2 heterocycles. The van der Waals surface area contributed by atoms with Gasteiger partial charge in [-0.2, -0.15) is 0 Å². The molecule has 0 unspecified atom stereocenters. The highest BCUT2D eigenvalue weighted by Gasteiger charge is 2.33. The normalized spacial score (nSPS) is 16.8. The highest BCUT2D eigenvalue weighted by Crippen LogP contribution is 2.38. The number of anilines is 1. The minimum atomic E-state index is -0.0194. The number of amides is 1. The van der Waals surface area contributed by atoms with Gasteiger partial charge in [-0.1, -0.05) is 46.2 Å². The summed E-state index contributed by atoms with van der Waals surface area (Å²) in [5.74, 6) is -0.0194. The Morgan fingerprint density at radius 2 is 1.96 bits per heavy atom. The van der Waals surface area contributed by atoms with E-state index in [-0.39, 0.29) is 23.7 Å². The summed E-state index contributed by atoms with van der Waals surface area (Å²) < 4.78 is 0. The van der Waals surface area contributed by atoms with E-state index in [4.69, 9.17) is 0 Å². The fourth-order valence-electron chi connectivity index (χ4n) is 3.10. The topological polar surface area (TPSA) is 44.7 Å². The van der Waals surface area contributed by atoms with Crippen molar-refractivity contribution in [3.05, 3.63) is 40.4 Å². The summed E-state index contributed by atoms with van der Waals surface area (Å²) in [6, 6.07) is 8.16. The van der Waals surface area contributed by atoms with Crippen LogP contribution < -0.4 is 5.32 Å². The van der Waals surface area contributed by atoms with Gasteiger partial charge in [-0.15, -0.1) is 12.4 Å². The van der Waals surface area contributed by atoms with Crippen LogP contribution in [0.1, 0.15) is 52.5 Å². The van der Waals surface area contributed by atoms with Crippen molar-refractivity contribution >= 4 is 40.9 Å². The first-order valence-corrected chi connectivity index (χ1v) is 9.86. The summed E-state index contributed by atoms with van der Waals surface area (Å²) in [6.45, 7) is 10.6. The number of halogens is 1. The third kappa shape index (κ3) is 4.44. The van der Waals surface area contributed by atoms with Crippen LogP contribution in [0.5, 0.6) is 0 Å². The number of carbonyl (C=O) groups excluding carboxylic acids is 1. The Bertz CT molecular complexity index is 720. The minimum Gasteiger partial charge on any atom is -0.323 e. The van der Waals surface area contributed by atoms with E-state index in [2.05, 4.69) is 55.0 Å². The second-order valence-electron chi connectivity index (χ2n) is 7.58. The predicted molar refractivity (Wildman–Crippen MR) is 114 cm³/mol. The smallest absolute Gasteiger partial charge is 0.264 e. The maximum Gasteiger partial charge on any atom is 0.264 e. The lowest BCUT2D eigenvalue weighted by Gasteiger charge is -2.25. The number of nitrogens with one attached hydrogen (secondary N) is 1. The Balaban J connectivity index is 0.00000243. The van der Waals surface area contributed by atoms with E-state index in [0.29, 0.717) is 0 Å². The maximum absolute atomic E-state index is 12.9. The minimum absolute atomic E-state index is 0. The first kappa shape index (κ1) is 20.8. The molecule has 0 saturated heterocycles. The average Bonchev–Trinajstić information content (AvgIpc) is 2.94. The lowest BCUT2D eigenvalue weighted by Crippen LogP contribution is -2.29. The number of aliphatic imine (C=N–C) groups is 1. The van der Waals surface area contributed by atoms with Gasteiger partial charge in [0.05, 0.1) is 4.91 Å². The summed E-state index contributed by atoms with van der Waals surface area (Å²) in [4.78, 5) is 20.5. The van der Waals surface area contributed by atoms with Gasteiger partial charge in [-0.25, -0.2) is 0 Å². The predicted octanol–water partition coefficient (Wildman–Crippen LogP) is 5.16. The summed E-state index contributed by atoms with van der Waals surface area (Å²) in [5.41, 5.74) is 3.35. The number of rotatable bonds is 4. The highest BCUT2D eigenvalue weighted by molar-refractivity contribution is 8.18. The fraction of sp³-hybridized carbons (Fsp3) is 0.500. The summed E-state index contributed by atoms with van der Waals surface area (Å²) in [6.07, 6.45) is 2.99. The Morgan fingerprint density at radius 3 is 2.58 bits per heavy atom. The van der Waals surface area contributed by atoms with E-state index < -0.39 is 0 Å². The Morgan fingerprint density at radius 1 is 1.27 bits per heavy atom. The largest absolute Gasteiger partial charge is 0.323 e. The molecule has 3 rings (SSSR count). The van der Waals surface area contributed by atoms with Gasteiger partial charge in [0.15, 0.2) is 5.17 Å². The summed E-state index contributed by atoms with van der Waals surface area (Å²) in [7, 11) is 0. The van der Waals surface area contributed by atoms with Gasteiger partial charge >= 0.3 is 0 Å². The van der Waals surface area contributed by atoms with E-state index in [1.807, 2.05) is 12.1 Å². The Labute approximate surface area is 166 Å². The molecule has 0 aromatic heterocycles. The molecule has 1 aromatic carbocycles. The number of hydrogen-bond acceptors (Lipinski definition) is 4. The summed E-state index contributed by atoms with van der Waals surface area (Å²) in [5, 5.41) is 4.05. The molecule has 2 aliphatic heterocycles. The number of benzene rings is 1. The fourth-order valence-corrected chi connectivity index (χ4v) is 4.22. The number of carbonyl (C=O) groups is 1. The van der Waals surface area contributed by atoms with E-state index in [1.165, 1.54) is 17.3 Å². The number of hydrogen-bond donors (Lipinski definition) is 1. The molecule has 0 spiro atoms. The molecule has 4 nitrogen and oxygen atoms in total. The van der Waals surface area contributed by atoms with Crippen molar-refractivity contribution in [1.29, 1.82) is 0 Å². The van der Waals surface area contributed by atoms with Crippen LogP contribution in [0.2, 0.25) is 0 Å². The zero-order valence-corrected chi connectivity index (χ0v) is 17.6. The molecule has 0 saturated carbocycles. The number of fused-ring (bicyclic) bond motifs is 1. The van der Waals surface area contributed by atoms with Crippen LogP contribution in [0, 0.1) is 0 Å². The van der Waals surface area contributed by atoms with Crippen molar-refractivity contribution in [2.75, 3.05) is 18.4 Å². The van der Waals surface area contributed by atoms with Crippen LogP contribution in [0.4, 0.5) is 5.69 Å². The third-order valence-electron chi connectivity index (χ3n) is 4.50. The molecule has 1 aromatic rings. The van der Waals surface area contributed by atoms with Crippen molar-refractivity contribution in [2.45, 2.75) is 52.4 Å². The van der Waals surface area contributed by atoms with Crippen molar-refractivity contribution in [3.8, 4) is 0 Å². The molecule has 6 heteroatoms. The van der Waals surface area contributed by atoms with Gasteiger partial charge < -0.3 is 10.2 Å². The summed E-state index contributed by atoms with van der Waals surface area (Å²) >= 11 is 1.52. The number of allylic oxidation sites excluding steroid dienone is 1. The van der Waals surface area contributed by atoms with Crippen LogP contribution in [0.15, 0.2) is 39.9 Å². The average molecular weight is 394 g/mol. The van der Waals surface area contributed by atoms with E-state index >= 15 is 0 Å². The van der Waals surface area contributed by atoms with Crippen molar-refractivity contribution in [1.82, 2.24) is 4.90 Å². The van der Waals surface area contributed by atoms with Gasteiger partial charge in [0.25, 0.3) is 5.91 Å². The first-order valence-electron chi connectivity index (χ1n) is 9.05. The zero-order chi connectivity index (χ0) is 18.0. The quantitative estimate of drug-likeness (QED) is 0.767. The van der Waals surface area contributed by atoms with Crippen LogP contribution in [0.3, 0.4) is 0 Å². The molecule has 0 fully saturated rings. The first-order chi connectivity index (χ1) is 11.9. The Kier molecular flexibility index (Phi) is 6.80. The van der Waals surface area contributed by atoms with Crippen molar-refractivity contribution in [3.63, 3.8) is 0 Å². The number of amidine groups is 1. The molecule has 1 N–H and O–H groups in total. The van der Waals surface area contributed by atoms with E-state index in [0.717, 1.165) is 53.8 Å². The molecule has 142 valence electrons. The second-order valence-corrected chi connectivity index (χ2v) is 8.56. The van der Waals surface area contributed by atoms with Crippen molar-refractivity contribution < 1.29 is 4.79 Å². The zero-order valence-electron chi connectivity index (χ0n) is 16.0. The maximum atomic E-state index is 12.9. The van der Waals surface area contributed by atoms with E-state index in [1.54, 1.807) is 0 Å². The SMILES string of the molecule is CCCC1=C(C(=O)Nc2ccc(C(C)(C)C)cc2)SC2=NCCCN21.Cl. The molecule has 0 radical (unpaired) electrons. The molecule has 0 atom stereocenters. The Hall–Kier alpha value is -1.46. The van der Waals surface area contributed by atoms with Crippen LogP contribution >= 0.6 is 24.2 Å². The van der Waals surface area contributed by atoms with Crippen LogP contribution in [0.25, 0.3) is 0 Å². The van der Waals surface area contributed by atoms with Crippen molar-refractivity contribution in [2.24, 2.45) is 4.99 Å². The van der Waals surface area contributed by atoms with Crippen LogP contribution in [-0.2, 0) is 10.2 Å². The van der Waals surface area contributed by atoms with Gasteiger partial charge in [0.1, 0.15) is 0 Å². The highest BCUT2D eigenvalue weighted by atomic mass is 35.5. The standard InChI is InChI=1S/C20H27N3OS.ClH/c1-5-7-16-17(25-19-21-12-6-13-23(16)19)18(24)22-15-10-8-14(9-11-15)20(2,3)4;/h8-11H,5-7,12-13H2,1-4H3,(H,22,24);1H. The third-order valence-corrected chi connectivity index (χ3v) is 5.66. The van der Waals surface area contributed by atoms with E-state index in [9.17, 15) is 4.79 Å². The molecular weight excluding hydrogens is 366 g/mol. The monoisotopic (exact) mass is 393 g/mol. The number of thioether (sulfide) groups is 1. The van der Waals surface area contributed by atoms with Gasteiger partial charge in [-0.05, 0) is 47.7 Å².